The van der Waals surface area contributed by atoms with Crippen LogP contribution in [-0.4, -0.2) is 40.6 Å². The van der Waals surface area contributed by atoms with E-state index < -0.39 is 11.5 Å². The zero-order chi connectivity index (χ0) is 14.8. The molecule has 0 atom stereocenters. The topological polar surface area (TPSA) is 52.6 Å². The summed E-state index contributed by atoms with van der Waals surface area (Å²) < 4.78 is 13.2. The van der Waals surface area contributed by atoms with E-state index >= 15 is 0 Å². The maximum Gasteiger partial charge on any atom is 0.329 e. The molecule has 0 unspecified atom stereocenters. The number of rotatable bonds is 4. The molecule has 0 saturated carbocycles. The summed E-state index contributed by atoms with van der Waals surface area (Å²) in [7, 11) is 0. The maximum atomic E-state index is 13.2. The molecular formula is C15H21FN2O2. The largest absolute Gasteiger partial charge is 0.480 e. The van der Waals surface area contributed by atoms with Gasteiger partial charge in [0.05, 0.1) is 0 Å². The minimum absolute atomic E-state index is 0.366. The van der Waals surface area contributed by atoms with E-state index in [9.17, 15) is 14.3 Å². The predicted molar refractivity (Wildman–Crippen MR) is 76.3 cm³/mol. The lowest BCUT2D eigenvalue weighted by Crippen LogP contribution is -2.55. The van der Waals surface area contributed by atoms with Crippen LogP contribution in [0.5, 0.6) is 0 Å². The lowest BCUT2D eigenvalue weighted by molar-refractivity contribution is -0.144. The van der Waals surface area contributed by atoms with Crippen LogP contribution < -0.4 is 5.32 Å². The zero-order valence-electron chi connectivity index (χ0n) is 11.9. The first kappa shape index (κ1) is 14.8. The number of benzene rings is 1. The molecule has 4 nitrogen and oxygen atoms in total. The molecule has 1 aromatic carbocycles. The molecule has 0 radical (unpaired) electrons. The first-order chi connectivity index (χ1) is 9.43. The Balaban J connectivity index is 2.14. The Morgan fingerprint density at radius 2 is 2.05 bits per heavy atom. The summed E-state index contributed by atoms with van der Waals surface area (Å²) in [6, 6.07) is 6.37. The Morgan fingerprint density at radius 3 is 2.55 bits per heavy atom. The Labute approximate surface area is 118 Å². The highest BCUT2D eigenvalue weighted by Gasteiger charge is 2.41. The van der Waals surface area contributed by atoms with Crippen LogP contribution in [0, 0.1) is 5.82 Å². The van der Waals surface area contributed by atoms with Gasteiger partial charge in [-0.25, -0.2) is 9.18 Å². The lowest BCUT2D eigenvalue weighted by Gasteiger charge is -2.41. The summed E-state index contributed by atoms with van der Waals surface area (Å²) >= 11 is 0. The molecule has 1 aliphatic heterocycles. The summed E-state index contributed by atoms with van der Waals surface area (Å²) in [5.74, 6) is -1.24. The minimum Gasteiger partial charge on any atom is -0.480 e. The van der Waals surface area contributed by atoms with Crippen LogP contribution in [0.15, 0.2) is 24.3 Å². The number of piperidine rings is 1. The van der Waals surface area contributed by atoms with E-state index in [0.717, 1.165) is 13.1 Å². The number of aliphatic carboxylic acids is 1. The normalized spacial score (nSPS) is 19.0. The zero-order valence-corrected chi connectivity index (χ0v) is 11.9. The van der Waals surface area contributed by atoms with Crippen molar-refractivity contribution in [2.24, 2.45) is 0 Å². The van der Waals surface area contributed by atoms with E-state index in [1.165, 1.54) is 12.1 Å². The van der Waals surface area contributed by atoms with Crippen LogP contribution in [0.25, 0.3) is 0 Å². The highest BCUT2D eigenvalue weighted by Crippen LogP contribution is 2.28. The van der Waals surface area contributed by atoms with Gasteiger partial charge in [0.15, 0.2) is 0 Å². The highest BCUT2D eigenvalue weighted by atomic mass is 19.1. The fraction of sp³-hybridized carbons (Fsp3) is 0.533. The predicted octanol–water partition coefficient (Wildman–Crippen LogP) is 2.57. The third-order valence-electron chi connectivity index (χ3n) is 4.00. The average molecular weight is 280 g/mol. The Kier molecular flexibility index (Phi) is 4.28. The Morgan fingerprint density at radius 1 is 1.40 bits per heavy atom. The van der Waals surface area contributed by atoms with Crippen molar-refractivity contribution < 1.29 is 14.3 Å². The van der Waals surface area contributed by atoms with Gasteiger partial charge in [0, 0.05) is 24.8 Å². The molecule has 1 aliphatic rings. The number of carboxylic acid groups (broad SMARTS) is 1. The van der Waals surface area contributed by atoms with Gasteiger partial charge in [0.25, 0.3) is 0 Å². The molecule has 5 heteroatoms. The van der Waals surface area contributed by atoms with Crippen molar-refractivity contribution >= 4 is 11.7 Å². The van der Waals surface area contributed by atoms with Crippen LogP contribution in [0.3, 0.4) is 0 Å². The fourth-order valence-corrected chi connectivity index (χ4v) is 2.66. The molecule has 1 aromatic rings. The molecule has 0 aliphatic carbocycles. The molecule has 2 rings (SSSR count). The Bertz CT molecular complexity index is 483. The van der Waals surface area contributed by atoms with Crippen molar-refractivity contribution in [3.8, 4) is 0 Å². The van der Waals surface area contributed by atoms with Crippen molar-refractivity contribution in [1.29, 1.82) is 0 Å². The van der Waals surface area contributed by atoms with E-state index in [1.807, 2.05) is 0 Å². The number of likely N-dealkylation sites (tertiary alicyclic amines) is 1. The molecule has 110 valence electrons. The standard InChI is InChI=1S/C15H21FN2O2/c1-11(2)18-8-6-15(7-9-18,14(19)20)17-13-5-3-4-12(16)10-13/h3-5,10-11,17H,6-9H2,1-2H3,(H,19,20). The van der Waals surface area contributed by atoms with Crippen LogP contribution in [0.1, 0.15) is 26.7 Å². The number of anilines is 1. The number of nitrogens with one attached hydrogen (secondary N) is 1. The van der Waals surface area contributed by atoms with E-state index in [1.54, 1.807) is 12.1 Å². The van der Waals surface area contributed by atoms with Gasteiger partial charge in [-0.05, 0) is 44.9 Å². The van der Waals surface area contributed by atoms with Gasteiger partial charge < -0.3 is 15.3 Å². The molecule has 0 bridgehead atoms. The summed E-state index contributed by atoms with van der Waals surface area (Å²) in [5, 5.41) is 12.6. The summed E-state index contributed by atoms with van der Waals surface area (Å²) in [6.45, 7) is 5.67. The van der Waals surface area contributed by atoms with Crippen LogP contribution in [0.4, 0.5) is 10.1 Å². The first-order valence-corrected chi connectivity index (χ1v) is 6.94. The summed E-state index contributed by atoms with van der Waals surface area (Å²) in [6.07, 6.45) is 1.02. The van der Waals surface area contributed by atoms with Crippen LogP contribution in [-0.2, 0) is 4.79 Å². The smallest absolute Gasteiger partial charge is 0.329 e. The van der Waals surface area contributed by atoms with E-state index in [2.05, 4.69) is 24.1 Å². The van der Waals surface area contributed by atoms with Crippen molar-refractivity contribution in [3.63, 3.8) is 0 Å². The first-order valence-electron chi connectivity index (χ1n) is 6.94. The third kappa shape index (κ3) is 3.10. The van der Waals surface area contributed by atoms with Gasteiger partial charge >= 0.3 is 5.97 Å². The monoisotopic (exact) mass is 280 g/mol. The van der Waals surface area contributed by atoms with Crippen molar-refractivity contribution in [3.05, 3.63) is 30.1 Å². The van der Waals surface area contributed by atoms with Crippen LogP contribution >= 0.6 is 0 Å². The quantitative estimate of drug-likeness (QED) is 0.890. The SMILES string of the molecule is CC(C)N1CCC(Nc2cccc(F)c2)(C(=O)O)CC1. The van der Waals surface area contributed by atoms with E-state index in [-0.39, 0.29) is 5.82 Å². The van der Waals surface area contributed by atoms with Gasteiger partial charge in [-0.1, -0.05) is 6.07 Å². The molecule has 0 spiro atoms. The third-order valence-corrected chi connectivity index (χ3v) is 4.00. The molecule has 1 heterocycles. The second-order valence-electron chi connectivity index (χ2n) is 5.65. The summed E-state index contributed by atoms with van der Waals surface area (Å²) in [5.41, 5.74) is -0.482. The second kappa shape index (κ2) is 5.79. The van der Waals surface area contributed by atoms with Crippen LogP contribution in [0.2, 0.25) is 0 Å². The molecule has 0 aromatic heterocycles. The Hall–Kier alpha value is -1.62. The van der Waals surface area contributed by atoms with Crippen molar-refractivity contribution in [1.82, 2.24) is 4.90 Å². The fourth-order valence-electron chi connectivity index (χ4n) is 2.66. The molecular weight excluding hydrogens is 259 g/mol. The van der Waals surface area contributed by atoms with E-state index in [0.29, 0.717) is 24.6 Å². The van der Waals surface area contributed by atoms with E-state index in [4.69, 9.17) is 0 Å². The van der Waals surface area contributed by atoms with Gasteiger partial charge in [-0.3, -0.25) is 0 Å². The van der Waals surface area contributed by atoms with Gasteiger partial charge in [-0.2, -0.15) is 0 Å². The summed E-state index contributed by atoms with van der Waals surface area (Å²) in [4.78, 5) is 13.9. The number of nitrogens with zero attached hydrogens (tertiary/aromatic N) is 1. The maximum absolute atomic E-state index is 13.2. The number of hydrogen-bond donors (Lipinski definition) is 2. The highest BCUT2D eigenvalue weighted by molar-refractivity contribution is 5.83. The van der Waals surface area contributed by atoms with Crippen molar-refractivity contribution in [2.75, 3.05) is 18.4 Å². The van der Waals surface area contributed by atoms with Gasteiger partial charge in [0.1, 0.15) is 11.4 Å². The van der Waals surface area contributed by atoms with Crippen molar-refractivity contribution in [2.45, 2.75) is 38.3 Å². The molecule has 1 fully saturated rings. The second-order valence-corrected chi connectivity index (χ2v) is 5.65. The average Bonchev–Trinajstić information content (AvgIpc) is 2.39. The molecule has 2 N–H and O–H groups in total. The number of carbonyl (C=O) groups is 1. The van der Waals surface area contributed by atoms with Gasteiger partial charge in [0.2, 0.25) is 0 Å². The number of hydrogen-bond acceptors (Lipinski definition) is 3. The minimum atomic E-state index is -1.00. The lowest BCUT2D eigenvalue weighted by atomic mass is 9.86. The number of halogens is 1. The van der Waals surface area contributed by atoms with Gasteiger partial charge in [-0.15, -0.1) is 0 Å². The molecule has 20 heavy (non-hydrogen) atoms. The molecule has 0 amide bonds. The molecule has 1 saturated heterocycles. The number of carboxylic acids is 1.